The van der Waals surface area contributed by atoms with Gasteiger partial charge in [-0.15, -0.1) is 10.2 Å². The van der Waals surface area contributed by atoms with E-state index in [0.29, 0.717) is 17.8 Å². The Hall–Kier alpha value is -1.64. The van der Waals surface area contributed by atoms with E-state index >= 15 is 0 Å². The summed E-state index contributed by atoms with van der Waals surface area (Å²) in [4.78, 5) is 0. The number of hydrogen-bond donors (Lipinski definition) is 0. The minimum Gasteiger partial charge on any atom is -0.317 e. The molecule has 0 amide bonds. The van der Waals surface area contributed by atoms with E-state index in [4.69, 9.17) is 0 Å². The molecule has 0 aliphatic carbocycles. The maximum absolute atomic E-state index is 4.43. The van der Waals surface area contributed by atoms with Gasteiger partial charge < -0.3 is 4.57 Å². The third-order valence-electron chi connectivity index (χ3n) is 3.86. The van der Waals surface area contributed by atoms with E-state index in [1.807, 2.05) is 6.33 Å². The van der Waals surface area contributed by atoms with Gasteiger partial charge in [-0.05, 0) is 17.4 Å². The Morgan fingerprint density at radius 2 is 1.80 bits per heavy atom. The maximum Gasteiger partial charge on any atom is 0.140 e. The van der Waals surface area contributed by atoms with Crippen LogP contribution in [0.25, 0.3) is 0 Å². The average molecular weight is 271 g/mol. The van der Waals surface area contributed by atoms with E-state index in [-0.39, 0.29) is 0 Å². The molecule has 0 spiro atoms. The zero-order chi connectivity index (χ0) is 14.5. The summed E-state index contributed by atoms with van der Waals surface area (Å²) in [5.41, 5.74) is 1.33. The molecule has 3 heteroatoms. The van der Waals surface area contributed by atoms with E-state index in [0.717, 1.165) is 18.8 Å². The lowest BCUT2D eigenvalue weighted by molar-refractivity contribution is 0.437. The average Bonchev–Trinajstić information content (AvgIpc) is 2.87. The third-order valence-corrected chi connectivity index (χ3v) is 3.86. The van der Waals surface area contributed by atoms with E-state index in [2.05, 4.69) is 72.8 Å². The van der Waals surface area contributed by atoms with Crippen molar-refractivity contribution < 1.29 is 0 Å². The van der Waals surface area contributed by atoms with Crippen molar-refractivity contribution in [2.75, 3.05) is 0 Å². The maximum atomic E-state index is 4.43. The van der Waals surface area contributed by atoms with Gasteiger partial charge in [-0.25, -0.2) is 0 Å². The molecule has 0 N–H and O–H groups in total. The van der Waals surface area contributed by atoms with Crippen LogP contribution in [0, 0.1) is 11.8 Å². The Balaban J connectivity index is 2.40. The van der Waals surface area contributed by atoms with Gasteiger partial charge in [0, 0.05) is 12.5 Å². The third kappa shape index (κ3) is 3.27. The second-order valence-corrected chi connectivity index (χ2v) is 6.01. The van der Waals surface area contributed by atoms with Crippen molar-refractivity contribution in [3.8, 4) is 0 Å². The fraction of sp³-hybridized carbons (Fsp3) is 0.529. The topological polar surface area (TPSA) is 30.7 Å². The van der Waals surface area contributed by atoms with Gasteiger partial charge in [-0.2, -0.15) is 0 Å². The second-order valence-electron chi connectivity index (χ2n) is 6.01. The highest BCUT2D eigenvalue weighted by Gasteiger charge is 2.25. The van der Waals surface area contributed by atoms with Crippen LogP contribution in [-0.4, -0.2) is 14.8 Å². The Morgan fingerprint density at radius 1 is 1.10 bits per heavy atom. The lowest BCUT2D eigenvalue weighted by Crippen LogP contribution is -2.18. The van der Waals surface area contributed by atoms with Crippen LogP contribution in [0.15, 0.2) is 36.7 Å². The number of benzene rings is 1. The van der Waals surface area contributed by atoms with E-state index in [9.17, 15) is 0 Å². The Labute approximate surface area is 122 Å². The van der Waals surface area contributed by atoms with E-state index in [1.54, 1.807) is 0 Å². The number of hydrogen-bond acceptors (Lipinski definition) is 2. The Bertz CT molecular complexity index is 516. The highest BCUT2D eigenvalue weighted by molar-refractivity contribution is 5.26. The SMILES string of the molecule is CCC(C)C(c1ccccc1)c1nncn1CC(C)C. The van der Waals surface area contributed by atoms with Gasteiger partial charge in [0.15, 0.2) is 0 Å². The molecular formula is C17H25N3. The monoisotopic (exact) mass is 271 g/mol. The van der Waals surface area contributed by atoms with Crippen LogP contribution >= 0.6 is 0 Å². The molecule has 1 aromatic heterocycles. The second kappa shape index (κ2) is 6.69. The molecule has 0 aliphatic heterocycles. The van der Waals surface area contributed by atoms with Crippen molar-refractivity contribution in [1.82, 2.24) is 14.8 Å². The zero-order valence-electron chi connectivity index (χ0n) is 13.0. The van der Waals surface area contributed by atoms with Crippen molar-refractivity contribution in [3.05, 3.63) is 48.0 Å². The first kappa shape index (κ1) is 14.8. The van der Waals surface area contributed by atoms with Crippen molar-refractivity contribution in [1.29, 1.82) is 0 Å². The molecule has 0 saturated heterocycles. The molecule has 0 radical (unpaired) electrons. The molecule has 2 atom stereocenters. The largest absolute Gasteiger partial charge is 0.317 e. The molecule has 1 heterocycles. The molecule has 108 valence electrons. The smallest absolute Gasteiger partial charge is 0.140 e. The normalized spacial score (nSPS) is 14.4. The van der Waals surface area contributed by atoms with E-state index < -0.39 is 0 Å². The zero-order valence-corrected chi connectivity index (χ0v) is 13.0. The van der Waals surface area contributed by atoms with Crippen LogP contribution in [0.1, 0.15) is 51.4 Å². The highest BCUT2D eigenvalue weighted by atomic mass is 15.3. The molecule has 1 aromatic carbocycles. The van der Waals surface area contributed by atoms with Crippen LogP contribution in [0.5, 0.6) is 0 Å². The van der Waals surface area contributed by atoms with Crippen molar-refractivity contribution in [2.45, 2.75) is 46.6 Å². The fourth-order valence-electron chi connectivity index (χ4n) is 2.67. The molecule has 20 heavy (non-hydrogen) atoms. The predicted molar refractivity (Wildman–Crippen MR) is 82.6 cm³/mol. The first-order valence-electron chi connectivity index (χ1n) is 7.56. The number of rotatable bonds is 6. The molecule has 2 rings (SSSR count). The summed E-state index contributed by atoms with van der Waals surface area (Å²) in [5.74, 6) is 2.56. The van der Waals surface area contributed by atoms with Crippen LogP contribution in [-0.2, 0) is 6.54 Å². The van der Waals surface area contributed by atoms with E-state index in [1.165, 1.54) is 5.56 Å². The minimum atomic E-state index is 0.322. The molecular weight excluding hydrogens is 246 g/mol. The molecule has 2 aromatic rings. The lowest BCUT2D eigenvalue weighted by atomic mass is 9.85. The van der Waals surface area contributed by atoms with Gasteiger partial charge in [-0.3, -0.25) is 0 Å². The Morgan fingerprint density at radius 3 is 2.40 bits per heavy atom. The molecule has 0 bridgehead atoms. The molecule has 2 unspecified atom stereocenters. The summed E-state index contributed by atoms with van der Waals surface area (Å²) in [6.45, 7) is 9.97. The summed E-state index contributed by atoms with van der Waals surface area (Å²) >= 11 is 0. The van der Waals surface area contributed by atoms with Gasteiger partial charge in [-0.1, -0.05) is 64.4 Å². The number of aromatic nitrogens is 3. The first-order chi connectivity index (χ1) is 9.63. The van der Waals surface area contributed by atoms with Crippen LogP contribution < -0.4 is 0 Å². The highest BCUT2D eigenvalue weighted by Crippen LogP contribution is 2.32. The van der Waals surface area contributed by atoms with Crippen LogP contribution in [0.3, 0.4) is 0 Å². The molecule has 3 nitrogen and oxygen atoms in total. The van der Waals surface area contributed by atoms with Crippen LogP contribution in [0.4, 0.5) is 0 Å². The predicted octanol–water partition coefficient (Wildman–Crippen LogP) is 4.11. The van der Waals surface area contributed by atoms with Gasteiger partial charge in [0.05, 0.1) is 0 Å². The lowest BCUT2D eigenvalue weighted by Gasteiger charge is -2.24. The van der Waals surface area contributed by atoms with Gasteiger partial charge in [0.1, 0.15) is 12.2 Å². The van der Waals surface area contributed by atoms with Crippen molar-refractivity contribution in [2.24, 2.45) is 11.8 Å². The summed E-state index contributed by atoms with van der Waals surface area (Å²) in [6.07, 6.45) is 3.00. The molecule has 0 saturated carbocycles. The summed E-state index contributed by atoms with van der Waals surface area (Å²) in [6, 6.07) is 10.7. The molecule has 0 fully saturated rings. The standard InChI is InChI=1S/C17H25N3/c1-5-14(4)16(15-9-7-6-8-10-15)17-19-18-12-20(17)11-13(2)3/h6-10,12-14,16H,5,11H2,1-4H3. The van der Waals surface area contributed by atoms with Crippen molar-refractivity contribution >= 4 is 0 Å². The first-order valence-corrected chi connectivity index (χ1v) is 7.56. The van der Waals surface area contributed by atoms with Crippen LogP contribution in [0.2, 0.25) is 0 Å². The Kier molecular flexibility index (Phi) is 4.94. The fourth-order valence-corrected chi connectivity index (χ4v) is 2.67. The molecule has 0 aliphatic rings. The number of nitrogens with zero attached hydrogens (tertiary/aromatic N) is 3. The van der Waals surface area contributed by atoms with Gasteiger partial charge in [0.25, 0.3) is 0 Å². The summed E-state index contributed by atoms with van der Waals surface area (Å²) in [5, 5.41) is 8.58. The van der Waals surface area contributed by atoms with Gasteiger partial charge in [0.2, 0.25) is 0 Å². The van der Waals surface area contributed by atoms with Gasteiger partial charge >= 0.3 is 0 Å². The minimum absolute atomic E-state index is 0.322. The van der Waals surface area contributed by atoms with Crippen molar-refractivity contribution in [3.63, 3.8) is 0 Å². The summed E-state index contributed by atoms with van der Waals surface area (Å²) < 4.78 is 2.22. The quantitative estimate of drug-likeness (QED) is 0.791. The summed E-state index contributed by atoms with van der Waals surface area (Å²) in [7, 11) is 0.